The standard InChI is InChI=1S/C27H17F5/c1-16-2-6-19(24(29)12-16)7-3-18-14-25(30)22(26(31)15-18)10-5-17-4-9-21-20(13-17)8-11-23(28)27(21)32/h2,4,6,8-9,11-15H,3,7H2,1H3. The third kappa shape index (κ3) is 4.50. The van der Waals surface area contributed by atoms with Crippen molar-refractivity contribution >= 4 is 10.8 Å². The van der Waals surface area contributed by atoms with Gasteiger partial charge in [0.1, 0.15) is 17.5 Å². The minimum Gasteiger partial charge on any atom is -0.207 e. The Hall–Kier alpha value is -3.65. The molecule has 5 heteroatoms. The molecule has 0 aliphatic heterocycles. The number of rotatable bonds is 3. The van der Waals surface area contributed by atoms with Crippen LogP contribution in [0.4, 0.5) is 22.0 Å². The third-order valence-corrected chi connectivity index (χ3v) is 5.23. The molecule has 0 saturated carbocycles. The van der Waals surface area contributed by atoms with Crippen molar-refractivity contribution in [3.05, 3.63) is 118 Å². The Bertz CT molecular complexity index is 1370. The highest BCUT2D eigenvalue weighted by atomic mass is 19.2. The van der Waals surface area contributed by atoms with Crippen LogP contribution in [0.2, 0.25) is 0 Å². The van der Waals surface area contributed by atoms with Crippen LogP contribution in [0.25, 0.3) is 10.8 Å². The zero-order chi connectivity index (χ0) is 22.8. The number of fused-ring (bicyclic) bond motifs is 1. The quantitative estimate of drug-likeness (QED) is 0.239. The first-order valence-corrected chi connectivity index (χ1v) is 9.94. The molecule has 32 heavy (non-hydrogen) atoms. The second kappa shape index (κ2) is 8.84. The Morgan fingerprint density at radius 1 is 0.656 bits per heavy atom. The van der Waals surface area contributed by atoms with Gasteiger partial charge in [0.05, 0.1) is 5.56 Å². The molecule has 0 atom stereocenters. The average Bonchev–Trinajstić information content (AvgIpc) is 2.75. The Kier molecular flexibility index (Phi) is 5.96. The Balaban J connectivity index is 1.56. The largest absolute Gasteiger partial charge is 0.207 e. The maximum Gasteiger partial charge on any atom is 0.166 e. The van der Waals surface area contributed by atoms with Crippen LogP contribution in [0.3, 0.4) is 0 Å². The Labute approximate surface area is 182 Å². The lowest BCUT2D eigenvalue weighted by Crippen LogP contribution is -1.99. The smallest absolute Gasteiger partial charge is 0.166 e. The van der Waals surface area contributed by atoms with Crippen molar-refractivity contribution in [1.29, 1.82) is 0 Å². The van der Waals surface area contributed by atoms with E-state index in [0.717, 1.165) is 11.6 Å². The van der Waals surface area contributed by atoms with Gasteiger partial charge in [-0.15, -0.1) is 0 Å². The van der Waals surface area contributed by atoms with Gasteiger partial charge in [0.25, 0.3) is 0 Å². The van der Waals surface area contributed by atoms with Gasteiger partial charge < -0.3 is 0 Å². The minimum atomic E-state index is -0.958. The summed E-state index contributed by atoms with van der Waals surface area (Å²) in [5.74, 6) is 1.26. The molecule has 4 rings (SSSR count). The lowest BCUT2D eigenvalue weighted by molar-refractivity contribution is 0.517. The van der Waals surface area contributed by atoms with E-state index in [-0.39, 0.29) is 23.2 Å². The van der Waals surface area contributed by atoms with E-state index in [9.17, 15) is 22.0 Å². The van der Waals surface area contributed by atoms with E-state index in [1.807, 2.05) is 0 Å². The number of hydrogen-bond acceptors (Lipinski definition) is 0. The Morgan fingerprint density at radius 2 is 1.41 bits per heavy atom. The molecule has 0 spiro atoms. The van der Waals surface area contributed by atoms with Crippen LogP contribution < -0.4 is 0 Å². The van der Waals surface area contributed by atoms with E-state index in [1.54, 1.807) is 19.1 Å². The van der Waals surface area contributed by atoms with Crippen molar-refractivity contribution in [1.82, 2.24) is 0 Å². The second-order valence-electron chi connectivity index (χ2n) is 7.58. The van der Waals surface area contributed by atoms with Crippen molar-refractivity contribution in [3.8, 4) is 11.8 Å². The SMILES string of the molecule is Cc1ccc(CCc2cc(F)c(C#Cc3ccc4c(F)c(F)ccc4c3)c(F)c2)c(F)c1. The fourth-order valence-corrected chi connectivity index (χ4v) is 3.50. The summed E-state index contributed by atoms with van der Waals surface area (Å²) in [7, 11) is 0. The van der Waals surface area contributed by atoms with Gasteiger partial charge in [0.15, 0.2) is 11.6 Å². The minimum absolute atomic E-state index is 0.0993. The topological polar surface area (TPSA) is 0 Å². The predicted octanol–water partition coefficient (Wildman–Crippen LogP) is 7.03. The van der Waals surface area contributed by atoms with Gasteiger partial charge in [-0.25, -0.2) is 22.0 Å². The van der Waals surface area contributed by atoms with Crippen molar-refractivity contribution < 1.29 is 22.0 Å². The first kappa shape index (κ1) is 21.6. The van der Waals surface area contributed by atoms with Crippen LogP contribution in [-0.2, 0) is 12.8 Å². The predicted molar refractivity (Wildman–Crippen MR) is 115 cm³/mol. The summed E-state index contributed by atoms with van der Waals surface area (Å²) < 4.78 is 70.1. The van der Waals surface area contributed by atoms with E-state index >= 15 is 0 Å². The van der Waals surface area contributed by atoms with Gasteiger partial charge in [-0.3, -0.25) is 0 Å². The lowest BCUT2D eigenvalue weighted by atomic mass is 10.0. The summed E-state index contributed by atoms with van der Waals surface area (Å²) in [6.07, 6.45) is 0.582. The highest BCUT2D eigenvalue weighted by molar-refractivity contribution is 5.84. The monoisotopic (exact) mass is 436 g/mol. The van der Waals surface area contributed by atoms with E-state index < -0.39 is 23.3 Å². The number of hydrogen-bond donors (Lipinski definition) is 0. The van der Waals surface area contributed by atoms with Gasteiger partial charge in [-0.2, -0.15) is 0 Å². The van der Waals surface area contributed by atoms with Crippen molar-refractivity contribution in [2.75, 3.05) is 0 Å². The Morgan fingerprint density at radius 3 is 2.12 bits per heavy atom. The third-order valence-electron chi connectivity index (χ3n) is 5.23. The fraction of sp³-hybridized carbons (Fsp3) is 0.111. The zero-order valence-corrected chi connectivity index (χ0v) is 17.1. The van der Waals surface area contributed by atoms with Gasteiger partial charge in [0.2, 0.25) is 0 Å². The van der Waals surface area contributed by atoms with E-state index in [4.69, 9.17) is 0 Å². The van der Waals surface area contributed by atoms with Crippen LogP contribution in [0.5, 0.6) is 0 Å². The first-order chi connectivity index (χ1) is 15.3. The van der Waals surface area contributed by atoms with E-state index in [1.165, 1.54) is 42.5 Å². The molecule has 0 aliphatic rings. The van der Waals surface area contributed by atoms with Crippen LogP contribution in [0.15, 0.2) is 60.7 Å². The molecule has 0 N–H and O–H groups in total. The van der Waals surface area contributed by atoms with Crippen molar-refractivity contribution in [3.63, 3.8) is 0 Å². The average molecular weight is 436 g/mol. The van der Waals surface area contributed by atoms with Crippen LogP contribution in [0.1, 0.15) is 27.8 Å². The highest BCUT2D eigenvalue weighted by Gasteiger charge is 2.11. The molecule has 0 amide bonds. The summed E-state index contributed by atoms with van der Waals surface area (Å²) in [6.45, 7) is 1.79. The van der Waals surface area contributed by atoms with Crippen molar-refractivity contribution in [2.24, 2.45) is 0 Å². The van der Waals surface area contributed by atoms with Crippen LogP contribution in [0, 0.1) is 47.9 Å². The summed E-state index contributed by atoms with van der Waals surface area (Å²) in [5.41, 5.74) is 1.69. The summed E-state index contributed by atoms with van der Waals surface area (Å²) in [4.78, 5) is 0. The highest BCUT2D eigenvalue weighted by Crippen LogP contribution is 2.22. The molecular formula is C27H17F5. The molecule has 0 unspecified atom stereocenters. The van der Waals surface area contributed by atoms with Gasteiger partial charge in [-0.05, 0) is 78.2 Å². The number of halogens is 5. The second-order valence-corrected chi connectivity index (χ2v) is 7.58. The summed E-state index contributed by atoms with van der Waals surface area (Å²) in [6, 6.07) is 14.0. The molecule has 0 saturated heterocycles. The molecule has 0 radical (unpaired) electrons. The molecule has 0 heterocycles. The molecule has 160 valence electrons. The molecule has 0 bridgehead atoms. The summed E-state index contributed by atoms with van der Waals surface area (Å²) in [5, 5.41) is 0.526. The first-order valence-electron chi connectivity index (χ1n) is 9.94. The van der Waals surface area contributed by atoms with Gasteiger partial charge in [0, 0.05) is 10.9 Å². The molecule has 4 aromatic rings. The van der Waals surface area contributed by atoms with Crippen LogP contribution in [-0.4, -0.2) is 0 Å². The molecule has 0 nitrogen and oxygen atoms in total. The van der Waals surface area contributed by atoms with E-state index in [0.29, 0.717) is 28.5 Å². The number of aryl methyl sites for hydroxylation is 3. The molecular weight excluding hydrogens is 419 g/mol. The van der Waals surface area contributed by atoms with Crippen LogP contribution >= 0.6 is 0 Å². The van der Waals surface area contributed by atoms with Gasteiger partial charge in [-0.1, -0.05) is 36.1 Å². The fourth-order valence-electron chi connectivity index (χ4n) is 3.50. The summed E-state index contributed by atoms with van der Waals surface area (Å²) >= 11 is 0. The molecule has 4 aromatic carbocycles. The van der Waals surface area contributed by atoms with E-state index in [2.05, 4.69) is 11.8 Å². The van der Waals surface area contributed by atoms with Crippen molar-refractivity contribution in [2.45, 2.75) is 19.8 Å². The molecule has 0 aliphatic carbocycles. The number of benzene rings is 4. The lowest BCUT2D eigenvalue weighted by Gasteiger charge is -2.06. The molecule has 0 fully saturated rings. The molecule has 0 aromatic heterocycles. The normalized spacial score (nSPS) is 10.8. The maximum atomic E-state index is 14.5. The van der Waals surface area contributed by atoms with Gasteiger partial charge >= 0.3 is 0 Å². The maximum absolute atomic E-state index is 14.5. The zero-order valence-electron chi connectivity index (χ0n) is 17.1.